The highest BCUT2D eigenvalue weighted by molar-refractivity contribution is 7.47. The van der Waals surface area contributed by atoms with Gasteiger partial charge in [0.25, 0.3) is 0 Å². The fourth-order valence-electron chi connectivity index (χ4n) is 8.39. The third-order valence-electron chi connectivity index (χ3n) is 12.8. The van der Waals surface area contributed by atoms with Gasteiger partial charge in [-0.1, -0.05) is 255 Å². The van der Waals surface area contributed by atoms with Crippen LogP contribution >= 0.6 is 7.82 Å². The van der Waals surface area contributed by atoms with E-state index in [4.69, 9.17) is 9.05 Å². The maximum absolute atomic E-state index is 12.9. The standard InChI is InChI=1S/C58H111N2O6P/c1-6-8-10-12-14-15-16-17-18-19-20-21-22-23-24-25-26-27-28-29-30-31-32-33-34-35-36-37-38-39-40-41-42-43-44-45-46-48-50-52-58(62)59-56(57(61)51-49-47-13-11-9-7-2)55-66-67(63,64)65-54-53-60(3,4)5/h8,10,14-15,17-18,20-21,56-57,61H,6-7,9,11-13,16,19,22-55H2,1-5H3,(H-,59,62,63,64)/p+1/b10-8-,15-14-,18-17-,21-20-. The van der Waals surface area contributed by atoms with Crippen molar-refractivity contribution in [1.29, 1.82) is 0 Å². The molecule has 9 heteroatoms. The number of phosphoric ester groups is 1. The number of nitrogens with zero attached hydrogens (tertiary/aromatic N) is 1. The highest BCUT2D eigenvalue weighted by atomic mass is 31.2. The number of amides is 1. The molecule has 0 bridgehead atoms. The summed E-state index contributed by atoms with van der Waals surface area (Å²) in [5.41, 5.74) is 0. The van der Waals surface area contributed by atoms with E-state index in [1.165, 1.54) is 173 Å². The van der Waals surface area contributed by atoms with Crippen LogP contribution in [-0.2, 0) is 18.4 Å². The summed E-state index contributed by atoms with van der Waals surface area (Å²) in [6.45, 7) is 4.72. The van der Waals surface area contributed by atoms with Crippen molar-refractivity contribution in [1.82, 2.24) is 5.32 Å². The first kappa shape index (κ1) is 65.5. The maximum atomic E-state index is 12.9. The van der Waals surface area contributed by atoms with Gasteiger partial charge in [-0.05, 0) is 51.4 Å². The van der Waals surface area contributed by atoms with Crippen LogP contribution in [0, 0.1) is 0 Å². The molecule has 0 rings (SSSR count). The molecular formula is C58H112N2O6P+. The molecule has 0 aromatic rings. The Hall–Kier alpha value is -1.54. The zero-order chi connectivity index (χ0) is 49.2. The van der Waals surface area contributed by atoms with Gasteiger partial charge in [0.05, 0.1) is 39.9 Å². The molecule has 0 saturated carbocycles. The Kier molecular flexibility index (Phi) is 48.3. The molecule has 67 heavy (non-hydrogen) atoms. The molecule has 0 saturated heterocycles. The molecule has 0 fully saturated rings. The van der Waals surface area contributed by atoms with Crippen molar-refractivity contribution < 1.29 is 32.9 Å². The monoisotopic (exact) mass is 964 g/mol. The third kappa shape index (κ3) is 52.1. The highest BCUT2D eigenvalue weighted by Gasteiger charge is 2.28. The van der Waals surface area contributed by atoms with E-state index in [0.29, 0.717) is 23.9 Å². The SMILES string of the molecule is CC/C=C\C/C=C\C/C=C\C/C=C\CCCCCCCCCCCCCCCCCCCCCCCCCCCCC(=O)NC(COP(=O)(O)OCC[N+](C)(C)C)C(O)CCCCCCCC. The van der Waals surface area contributed by atoms with Crippen molar-refractivity contribution in [2.75, 3.05) is 40.9 Å². The quantitative estimate of drug-likeness (QED) is 0.0243. The van der Waals surface area contributed by atoms with Crippen LogP contribution in [0.5, 0.6) is 0 Å². The molecule has 3 unspecified atom stereocenters. The summed E-state index contributed by atoms with van der Waals surface area (Å²) in [4.78, 5) is 23.1. The lowest BCUT2D eigenvalue weighted by Crippen LogP contribution is -2.46. The van der Waals surface area contributed by atoms with Crippen LogP contribution in [0.1, 0.15) is 264 Å². The molecule has 1 amide bonds. The van der Waals surface area contributed by atoms with Gasteiger partial charge in [-0.2, -0.15) is 0 Å². The average Bonchev–Trinajstić information content (AvgIpc) is 3.29. The number of aliphatic hydroxyl groups excluding tert-OH is 1. The van der Waals surface area contributed by atoms with E-state index < -0.39 is 20.0 Å². The van der Waals surface area contributed by atoms with Gasteiger partial charge >= 0.3 is 7.82 Å². The summed E-state index contributed by atoms with van der Waals surface area (Å²) in [5.74, 6) is -0.146. The number of hydrogen-bond donors (Lipinski definition) is 3. The van der Waals surface area contributed by atoms with Crippen molar-refractivity contribution >= 4 is 13.7 Å². The number of aliphatic hydroxyl groups is 1. The Morgan fingerprint density at radius 3 is 1.31 bits per heavy atom. The van der Waals surface area contributed by atoms with Gasteiger partial charge in [-0.15, -0.1) is 0 Å². The molecule has 3 atom stereocenters. The number of hydrogen-bond acceptors (Lipinski definition) is 5. The van der Waals surface area contributed by atoms with Crippen molar-refractivity contribution in [3.63, 3.8) is 0 Å². The minimum atomic E-state index is -4.30. The van der Waals surface area contributed by atoms with Crippen molar-refractivity contribution in [3.8, 4) is 0 Å². The molecule has 0 spiro atoms. The summed E-state index contributed by atoms with van der Waals surface area (Å²) >= 11 is 0. The molecule has 3 N–H and O–H groups in total. The van der Waals surface area contributed by atoms with Gasteiger partial charge in [0.15, 0.2) is 0 Å². The van der Waals surface area contributed by atoms with Gasteiger partial charge in [0.1, 0.15) is 13.2 Å². The number of allylic oxidation sites excluding steroid dienone is 8. The number of quaternary nitrogens is 1. The molecule has 0 aromatic carbocycles. The minimum Gasteiger partial charge on any atom is -0.391 e. The first-order valence-corrected chi connectivity index (χ1v) is 30.0. The highest BCUT2D eigenvalue weighted by Crippen LogP contribution is 2.43. The topological polar surface area (TPSA) is 105 Å². The number of unbranched alkanes of at least 4 members (excludes halogenated alkanes) is 31. The summed E-state index contributed by atoms with van der Waals surface area (Å²) in [7, 11) is 1.62. The molecule has 394 valence electrons. The van der Waals surface area contributed by atoms with Gasteiger partial charge < -0.3 is 19.8 Å². The van der Waals surface area contributed by atoms with Crippen LogP contribution in [0.25, 0.3) is 0 Å². The van der Waals surface area contributed by atoms with E-state index >= 15 is 0 Å². The van der Waals surface area contributed by atoms with Crippen LogP contribution in [0.15, 0.2) is 48.6 Å². The minimum absolute atomic E-state index is 0.0755. The number of carbonyl (C=O) groups is 1. The van der Waals surface area contributed by atoms with E-state index in [1.54, 1.807) is 0 Å². The number of likely N-dealkylation sites (N-methyl/N-ethyl adjacent to an activating group) is 1. The number of nitrogens with one attached hydrogen (secondary N) is 1. The molecular weight excluding hydrogens is 852 g/mol. The van der Waals surface area contributed by atoms with Gasteiger partial charge in [-0.25, -0.2) is 4.57 Å². The van der Waals surface area contributed by atoms with E-state index in [2.05, 4.69) is 67.8 Å². The first-order valence-electron chi connectivity index (χ1n) is 28.5. The Labute approximate surface area is 416 Å². The largest absolute Gasteiger partial charge is 0.472 e. The number of carbonyl (C=O) groups excluding carboxylic acids is 1. The van der Waals surface area contributed by atoms with Gasteiger partial charge in [-0.3, -0.25) is 13.8 Å². The molecule has 0 radical (unpaired) electrons. The first-order chi connectivity index (χ1) is 32.5. The van der Waals surface area contributed by atoms with Crippen LogP contribution in [0.2, 0.25) is 0 Å². The number of phosphoric acid groups is 1. The van der Waals surface area contributed by atoms with Crippen molar-refractivity contribution in [2.45, 2.75) is 276 Å². The molecule has 0 heterocycles. The second-order valence-corrected chi connectivity index (χ2v) is 22.1. The molecule has 0 aliphatic heterocycles. The van der Waals surface area contributed by atoms with E-state index in [9.17, 15) is 19.4 Å². The Balaban J connectivity index is 3.70. The maximum Gasteiger partial charge on any atom is 0.472 e. The van der Waals surface area contributed by atoms with Crippen molar-refractivity contribution in [2.24, 2.45) is 0 Å². The van der Waals surface area contributed by atoms with Crippen molar-refractivity contribution in [3.05, 3.63) is 48.6 Å². The molecule has 8 nitrogen and oxygen atoms in total. The Morgan fingerprint density at radius 2 is 0.896 bits per heavy atom. The molecule has 0 aliphatic rings. The smallest absolute Gasteiger partial charge is 0.391 e. The summed E-state index contributed by atoms with van der Waals surface area (Å²) in [5, 5.41) is 13.8. The molecule has 0 aliphatic carbocycles. The van der Waals surface area contributed by atoms with E-state index in [-0.39, 0.29) is 19.1 Å². The third-order valence-corrected chi connectivity index (χ3v) is 13.8. The van der Waals surface area contributed by atoms with Crippen LogP contribution < -0.4 is 5.32 Å². The summed E-state index contributed by atoms with van der Waals surface area (Å²) in [6, 6.07) is -0.755. The lowest BCUT2D eigenvalue weighted by Gasteiger charge is -2.26. The predicted molar refractivity (Wildman–Crippen MR) is 291 cm³/mol. The molecule has 0 aromatic heterocycles. The van der Waals surface area contributed by atoms with Gasteiger partial charge in [0.2, 0.25) is 5.91 Å². The van der Waals surface area contributed by atoms with E-state index in [1.807, 2.05) is 21.1 Å². The van der Waals surface area contributed by atoms with E-state index in [0.717, 1.165) is 64.2 Å². The lowest BCUT2D eigenvalue weighted by molar-refractivity contribution is -0.870. The second kappa shape index (κ2) is 49.4. The van der Waals surface area contributed by atoms with Crippen LogP contribution in [0.4, 0.5) is 0 Å². The zero-order valence-electron chi connectivity index (χ0n) is 44.9. The van der Waals surface area contributed by atoms with Crippen LogP contribution in [0.3, 0.4) is 0 Å². The fraction of sp³-hybridized carbons (Fsp3) is 0.845. The lowest BCUT2D eigenvalue weighted by atomic mass is 10.0. The van der Waals surface area contributed by atoms with Gasteiger partial charge in [0, 0.05) is 6.42 Å². The predicted octanol–water partition coefficient (Wildman–Crippen LogP) is 17.2. The second-order valence-electron chi connectivity index (χ2n) is 20.6. The fourth-order valence-corrected chi connectivity index (χ4v) is 9.13. The Bertz CT molecular complexity index is 1230. The normalized spacial score (nSPS) is 14.3. The van der Waals surface area contributed by atoms with Crippen LogP contribution in [-0.4, -0.2) is 73.4 Å². The zero-order valence-corrected chi connectivity index (χ0v) is 45.8. The number of rotatable bonds is 52. The summed E-state index contributed by atoms with van der Waals surface area (Å²) < 4.78 is 23.5. The average molecular weight is 965 g/mol. The summed E-state index contributed by atoms with van der Waals surface area (Å²) in [6.07, 6.45) is 65.2. The Morgan fingerprint density at radius 1 is 0.522 bits per heavy atom.